The minimum atomic E-state index is -0.822. The number of nitrogens with two attached hydrogens (primary N) is 2. The third kappa shape index (κ3) is 5.95. The largest absolute Gasteiger partial charge is 0.384 e. The van der Waals surface area contributed by atoms with E-state index in [-0.39, 0.29) is 24.1 Å². The number of amides is 3. The first kappa shape index (κ1) is 25.4. The maximum absolute atomic E-state index is 13.3. The number of nitrogens with one attached hydrogen (secondary N) is 2. The van der Waals surface area contributed by atoms with Crippen molar-refractivity contribution in [3.05, 3.63) is 95.1 Å². The highest BCUT2D eigenvalue weighted by atomic mass is 16.2. The summed E-state index contributed by atoms with van der Waals surface area (Å²) in [7, 11) is 1.66. The first-order valence-electron chi connectivity index (χ1n) is 12.0. The van der Waals surface area contributed by atoms with Gasteiger partial charge >= 0.3 is 0 Å². The summed E-state index contributed by atoms with van der Waals surface area (Å²) in [6.07, 6.45) is 0.523. The standard InChI is InChI=1S/C28H30N6O3/c1-33(22-11-9-19(10-12-22)26(30)31)27(36)20-7-8-21-17-34(14-13-18-5-3-2-4-6-18)28(37)24(16-25(29)35)32-23(21)15-20/h2-12,15,24,32H,13-14,16-17H2,1H3,(H2,29,35)(H3,30,31). The average Bonchev–Trinajstić information content (AvgIpc) is 3.02. The van der Waals surface area contributed by atoms with E-state index in [9.17, 15) is 14.4 Å². The lowest BCUT2D eigenvalue weighted by Gasteiger charge is -2.24. The molecule has 9 nitrogen and oxygen atoms in total. The number of nitrogens with zero attached hydrogens (tertiary/aromatic N) is 2. The van der Waals surface area contributed by atoms with Gasteiger partial charge < -0.3 is 26.6 Å². The maximum atomic E-state index is 13.3. The fraction of sp³-hybridized carbons (Fsp3) is 0.214. The van der Waals surface area contributed by atoms with Gasteiger partial charge in [-0.05, 0) is 53.9 Å². The molecule has 1 aliphatic rings. The van der Waals surface area contributed by atoms with Crippen LogP contribution in [-0.4, -0.2) is 48.1 Å². The molecule has 1 heterocycles. The lowest BCUT2D eigenvalue weighted by Crippen LogP contribution is -2.43. The van der Waals surface area contributed by atoms with E-state index in [1.807, 2.05) is 36.4 Å². The van der Waals surface area contributed by atoms with Gasteiger partial charge in [-0.15, -0.1) is 0 Å². The Morgan fingerprint density at radius 3 is 2.35 bits per heavy atom. The smallest absolute Gasteiger partial charge is 0.258 e. The van der Waals surface area contributed by atoms with E-state index in [1.54, 1.807) is 48.3 Å². The molecule has 3 amide bonds. The molecule has 0 bridgehead atoms. The number of nitrogen functional groups attached to an aromatic ring is 1. The molecule has 9 heteroatoms. The summed E-state index contributed by atoms with van der Waals surface area (Å²) in [5.41, 5.74) is 15.2. The number of carbonyl (C=O) groups is 3. The lowest BCUT2D eigenvalue weighted by molar-refractivity contribution is -0.134. The predicted molar refractivity (Wildman–Crippen MR) is 143 cm³/mol. The van der Waals surface area contributed by atoms with Crippen molar-refractivity contribution in [3.8, 4) is 0 Å². The zero-order valence-corrected chi connectivity index (χ0v) is 20.6. The van der Waals surface area contributed by atoms with E-state index in [1.165, 1.54) is 4.90 Å². The quantitative estimate of drug-likeness (QED) is 0.278. The van der Waals surface area contributed by atoms with Crippen molar-refractivity contribution in [1.29, 1.82) is 5.41 Å². The molecular formula is C28H30N6O3. The molecule has 190 valence electrons. The van der Waals surface area contributed by atoms with Crippen LogP contribution in [0.15, 0.2) is 72.8 Å². The number of anilines is 2. The lowest BCUT2D eigenvalue weighted by atomic mass is 10.1. The van der Waals surface area contributed by atoms with E-state index in [2.05, 4.69) is 5.32 Å². The summed E-state index contributed by atoms with van der Waals surface area (Å²) < 4.78 is 0. The zero-order chi connectivity index (χ0) is 26.5. The van der Waals surface area contributed by atoms with Crippen molar-refractivity contribution in [2.45, 2.75) is 25.4 Å². The summed E-state index contributed by atoms with van der Waals surface area (Å²) in [5.74, 6) is -1.09. The molecule has 37 heavy (non-hydrogen) atoms. The van der Waals surface area contributed by atoms with Gasteiger partial charge in [0.15, 0.2) is 0 Å². The third-order valence-electron chi connectivity index (χ3n) is 6.45. The molecule has 6 N–H and O–H groups in total. The Morgan fingerprint density at radius 1 is 1.03 bits per heavy atom. The van der Waals surface area contributed by atoms with Gasteiger partial charge in [-0.3, -0.25) is 19.8 Å². The molecule has 1 unspecified atom stereocenters. The summed E-state index contributed by atoms with van der Waals surface area (Å²) in [6, 6.07) is 21.2. The summed E-state index contributed by atoms with van der Waals surface area (Å²) in [6.45, 7) is 0.832. The Morgan fingerprint density at radius 2 is 1.70 bits per heavy atom. The fourth-order valence-corrected chi connectivity index (χ4v) is 4.35. The predicted octanol–water partition coefficient (Wildman–Crippen LogP) is 2.49. The third-order valence-corrected chi connectivity index (χ3v) is 6.45. The first-order chi connectivity index (χ1) is 17.7. The van der Waals surface area contributed by atoms with Gasteiger partial charge in [0.2, 0.25) is 11.8 Å². The summed E-state index contributed by atoms with van der Waals surface area (Å²) in [5, 5.41) is 10.7. The Bertz CT molecular complexity index is 1320. The first-order valence-corrected chi connectivity index (χ1v) is 12.0. The second-order valence-electron chi connectivity index (χ2n) is 9.06. The highest BCUT2D eigenvalue weighted by Crippen LogP contribution is 2.27. The molecule has 3 aromatic rings. The van der Waals surface area contributed by atoms with E-state index in [4.69, 9.17) is 16.9 Å². The van der Waals surface area contributed by atoms with Crippen molar-refractivity contribution in [2.24, 2.45) is 11.5 Å². The normalized spacial score (nSPS) is 14.8. The second-order valence-corrected chi connectivity index (χ2v) is 9.06. The maximum Gasteiger partial charge on any atom is 0.258 e. The number of benzene rings is 3. The molecule has 0 saturated carbocycles. The minimum Gasteiger partial charge on any atom is -0.384 e. The van der Waals surface area contributed by atoms with Crippen molar-refractivity contribution >= 4 is 34.9 Å². The van der Waals surface area contributed by atoms with Crippen LogP contribution in [0, 0.1) is 5.41 Å². The molecule has 0 spiro atoms. The van der Waals surface area contributed by atoms with Gasteiger partial charge in [0.25, 0.3) is 5.91 Å². The number of fused-ring (bicyclic) bond motifs is 1. The van der Waals surface area contributed by atoms with Gasteiger partial charge in [-0.25, -0.2) is 0 Å². The fourth-order valence-electron chi connectivity index (χ4n) is 4.35. The monoisotopic (exact) mass is 498 g/mol. The van der Waals surface area contributed by atoms with E-state index in [0.29, 0.717) is 42.0 Å². The zero-order valence-electron chi connectivity index (χ0n) is 20.6. The van der Waals surface area contributed by atoms with Crippen LogP contribution in [0.3, 0.4) is 0 Å². The SMILES string of the molecule is CN(C(=O)c1ccc2c(c1)NC(CC(N)=O)C(=O)N(CCc1ccccc1)C2)c1ccc(C(=N)N)cc1. The van der Waals surface area contributed by atoms with Crippen LogP contribution in [0.1, 0.15) is 33.5 Å². The van der Waals surface area contributed by atoms with Crippen LogP contribution in [0.4, 0.5) is 11.4 Å². The molecule has 1 aliphatic heterocycles. The number of primary amides is 1. The molecule has 0 saturated heterocycles. The topological polar surface area (TPSA) is 146 Å². The van der Waals surface area contributed by atoms with Crippen LogP contribution >= 0.6 is 0 Å². The Labute approximate surface area is 215 Å². The van der Waals surface area contributed by atoms with E-state index < -0.39 is 11.9 Å². The van der Waals surface area contributed by atoms with Crippen LogP contribution in [0.5, 0.6) is 0 Å². The minimum absolute atomic E-state index is 0.0461. The Hall–Kier alpha value is -4.66. The van der Waals surface area contributed by atoms with Gasteiger partial charge in [0.05, 0.1) is 6.42 Å². The van der Waals surface area contributed by atoms with Crippen molar-refractivity contribution in [1.82, 2.24) is 4.90 Å². The van der Waals surface area contributed by atoms with Gasteiger partial charge in [-0.1, -0.05) is 36.4 Å². The number of hydrogen-bond acceptors (Lipinski definition) is 5. The van der Waals surface area contributed by atoms with Crippen LogP contribution in [0.25, 0.3) is 0 Å². The van der Waals surface area contributed by atoms with Crippen molar-refractivity contribution in [2.75, 3.05) is 23.8 Å². The molecule has 0 aromatic heterocycles. The van der Waals surface area contributed by atoms with Gasteiger partial charge in [0.1, 0.15) is 11.9 Å². The highest BCUT2D eigenvalue weighted by Gasteiger charge is 2.31. The van der Waals surface area contributed by atoms with Crippen molar-refractivity contribution < 1.29 is 14.4 Å². The second kappa shape index (κ2) is 10.9. The summed E-state index contributed by atoms with van der Waals surface area (Å²) >= 11 is 0. The van der Waals surface area contributed by atoms with Crippen LogP contribution in [-0.2, 0) is 22.6 Å². The number of rotatable bonds is 8. The summed E-state index contributed by atoms with van der Waals surface area (Å²) in [4.78, 5) is 41.5. The number of carbonyl (C=O) groups excluding carboxylic acids is 3. The highest BCUT2D eigenvalue weighted by molar-refractivity contribution is 6.07. The van der Waals surface area contributed by atoms with E-state index >= 15 is 0 Å². The van der Waals surface area contributed by atoms with Crippen molar-refractivity contribution in [3.63, 3.8) is 0 Å². The molecule has 0 aliphatic carbocycles. The number of hydrogen-bond donors (Lipinski definition) is 4. The number of amidine groups is 1. The average molecular weight is 499 g/mol. The van der Waals surface area contributed by atoms with E-state index in [0.717, 1.165) is 11.1 Å². The molecular weight excluding hydrogens is 468 g/mol. The molecule has 4 rings (SSSR count). The van der Waals surface area contributed by atoms with Gasteiger partial charge in [0, 0.05) is 42.6 Å². The molecule has 3 aromatic carbocycles. The molecule has 1 atom stereocenters. The van der Waals surface area contributed by atoms with Gasteiger partial charge in [-0.2, -0.15) is 0 Å². The van der Waals surface area contributed by atoms with Crippen LogP contribution in [0.2, 0.25) is 0 Å². The molecule has 0 radical (unpaired) electrons. The molecule has 0 fully saturated rings. The Balaban J connectivity index is 1.58. The van der Waals surface area contributed by atoms with Crippen LogP contribution < -0.4 is 21.7 Å². The Kier molecular flexibility index (Phi) is 7.52.